The van der Waals surface area contributed by atoms with E-state index in [1.165, 1.54) is 34.7 Å². The average molecular weight is 241 g/mol. The molecule has 0 amide bonds. The summed E-state index contributed by atoms with van der Waals surface area (Å²) in [5, 5.41) is 0. The quantitative estimate of drug-likeness (QED) is 0.499. The summed E-state index contributed by atoms with van der Waals surface area (Å²) in [4.78, 5) is 3.38. The van der Waals surface area contributed by atoms with Gasteiger partial charge in [0, 0.05) is 5.82 Å². The van der Waals surface area contributed by atoms with Gasteiger partial charge in [-0.3, -0.25) is 0 Å². The van der Waals surface area contributed by atoms with Gasteiger partial charge in [-0.2, -0.15) is 6.07 Å². The van der Waals surface area contributed by atoms with Gasteiger partial charge in [0.05, 0.1) is 0 Å². The molecule has 0 radical (unpaired) electrons. The van der Waals surface area contributed by atoms with Crippen molar-refractivity contribution in [1.29, 1.82) is 0 Å². The first-order chi connectivity index (χ1) is 4.39. The molecule has 44 valence electrons. The number of pyridine rings is 1. The summed E-state index contributed by atoms with van der Waals surface area (Å²) in [6.07, 6.45) is 3.59. The molecule has 1 aromatic rings. The van der Waals surface area contributed by atoms with Crippen LogP contribution < -0.4 is 0 Å². The first kappa shape index (κ1) is 9.18. The molecule has 0 aliphatic heterocycles. The maximum atomic E-state index is 11.8. The molecule has 0 unspecified atom stereocenters. The van der Waals surface area contributed by atoms with E-state index in [1.54, 1.807) is 0 Å². The van der Waals surface area contributed by atoms with Crippen LogP contribution in [0, 0.1) is 12.0 Å². The Hall–Kier alpha value is 0.183. The zero-order valence-corrected chi connectivity index (χ0v) is 9.20. The molecule has 0 atom stereocenters. The van der Waals surface area contributed by atoms with Crippen LogP contribution in [-0.2, 0) is 16.3 Å². The first-order valence-electron chi connectivity index (χ1n) is 2.14. The zero-order valence-electron chi connectivity index (χ0n) is 4.64. The average Bonchev–Trinajstić information content (AvgIpc) is 1.94. The van der Waals surface area contributed by atoms with Crippen molar-refractivity contribution in [2.45, 2.75) is 0 Å². The Balaban J connectivity index is 0.000000291. The van der Waals surface area contributed by atoms with Gasteiger partial charge in [0.25, 0.3) is 0 Å². The molecule has 1 rings (SSSR count). The molecule has 1 heterocycles. The fraction of sp³-hybridized carbons (Fsp3) is 0. The van der Waals surface area contributed by atoms with Gasteiger partial charge in [0.1, 0.15) is 0 Å². The summed E-state index contributed by atoms with van der Waals surface area (Å²) < 4.78 is 11.8. The van der Waals surface area contributed by atoms with E-state index in [-0.39, 0.29) is 0 Å². The number of hydrogen-bond acceptors (Lipinski definition) is 1. The van der Waals surface area contributed by atoms with Crippen LogP contribution in [0.2, 0.25) is 0 Å². The molecule has 0 spiro atoms. The molecule has 0 fully saturated rings. The first-order valence-corrected chi connectivity index (χ1v) is 9.09. The monoisotopic (exact) mass is 239 g/mol. The summed E-state index contributed by atoms with van der Waals surface area (Å²) in [5.74, 6) is -0.414. The van der Waals surface area contributed by atoms with Gasteiger partial charge in [0.2, 0.25) is 0 Å². The number of nitrogens with zero attached hydrogens (tertiary/aromatic N) is 1. The van der Waals surface area contributed by atoms with Crippen LogP contribution in [-0.4, -0.2) is 4.98 Å². The Labute approximate surface area is 69.7 Å². The Morgan fingerprint density at radius 3 is 2.56 bits per heavy atom. The van der Waals surface area contributed by atoms with E-state index in [2.05, 4.69) is 24.8 Å². The van der Waals surface area contributed by atoms with Gasteiger partial charge in [-0.1, -0.05) is 6.20 Å². The van der Waals surface area contributed by atoms with Gasteiger partial charge < -0.3 is 4.98 Å². The van der Waals surface area contributed by atoms with Gasteiger partial charge in [-0.15, -0.1) is 6.07 Å². The molecule has 0 saturated carbocycles. The molecular formula is C5H3BrFNZn. The van der Waals surface area contributed by atoms with Crippen LogP contribution in [0.4, 0.5) is 4.39 Å². The molecule has 0 aliphatic rings. The van der Waals surface area contributed by atoms with E-state index < -0.39 is 5.82 Å². The van der Waals surface area contributed by atoms with Gasteiger partial charge in [-0.05, 0) is 6.20 Å². The molecule has 0 saturated heterocycles. The van der Waals surface area contributed by atoms with E-state index in [0.29, 0.717) is 0 Å². The summed E-state index contributed by atoms with van der Waals surface area (Å²) in [6, 6.07) is 2.82. The van der Waals surface area contributed by atoms with Crippen LogP contribution >= 0.6 is 13.6 Å². The second kappa shape index (κ2) is 6.31. The SMILES string of the molecule is Fc1[c-]nccc1.[Zn+][Br]. The summed E-state index contributed by atoms with van der Waals surface area (Å²) in [7, 11) is 0. The Morgan fingerprint density at radius 1 is 1.67 bits per heavy atom. The molecule has 0 bridgehead atoms. The number of hydrogen-bond donors (Lipinski definition) is 0. The third kappa shape index (κ3) is 4.67. The Morgan fingerprint density at radius 2 is 2.33 bits per heavy atom. The van der Waals surface area contributed by atoms with Crippen LogP contribution in [0.1, 0.15) is 0 Å². The summed E-state index contributed by atoms with van der Waals surface area (Å²) in [6.45, 7) is 0. The van der Waals surface area contributed by atoms with Crippen molar-refractivity contribution in [3.63, 3.8) is 0 Å². The molecular weight excluding hydrogens is 238 g/mol. The van der Waals surface area contributed by atoms with Crippen molar-refractivity contribution >= 4 is 13.6 Å². The van der Waals surface area contributed by atoms with E-state index in [9.17, 15) is 4.39 Å². The normalized spacial score (nSPS) is 7.56. The van der Waals surface area contributed by atoms with Crippen LogP contribution in [0.5, 0.6) is 0 Å². The zero-order chi connectivity index (χ0) is 7.11. The number of halogens is 2. The van der Waals surface area contributed by atoms with Crippen LogP contribution in [0.3, 0.4) is 0 Å². The van der Waals surface area contributed by atoms with Crippen molar-refractivity contribution in [2.24, 2.45) is 0 Å². The Kier molecular flexibility index (Phi) is 6.43. The summed E-state index contributed by atoms with van der Waals surface area (Å²) in [5.41, 5.74) is 0. The summed E-state index contributed by atoms with van der Waals surface area (Å²) >= 11 is 4.25. The van der Waals surface area contributed by atoms with Gasteiger partial charge >= 0.3 is 30.0 Å². The van der Waals surface area contributed by atoms with Crippen LogP contribution in [0.15, 0.2) is 18.3 Å². The second-order valence-electron chi connectivity index (χ2n) is 1.10. The molecule has 1 nitrogen and oxygen atoms in total. The van der Waals surface area contributed by atoms with Crippen molar-refractivity contribution in [2.75, 3.05) is 0 Å². The number of aromatic nitrogens is 1. The maximum absolute atomic E-state index is 11.8. The third-order valence-corrected chi connectivity index (χ3v) is 0.575. The molecule has 0 aliphatic carbocycles. The Bertz CT molecular complexity index is 147. The van der Waals surface area contributed by atoms with Gasteiger partial charge in [0.15, 0.2) is 0 Å². The van der Waals surface area contributed by atoms with Crippen molar-refractivity contribution in [3.05, 3.63) is 30.3 Å². The van der Waals surface area contributed by atoms with Crippen molar-refractivity contribution in [1.82, 2.24) is 4.98 Å². The predicted molar refractivity (Wildman–Crippen MR) is 32.0 cm³/mol. The fourth-order valence-electron chi connectivity index (χ4n) is 0.307. The molecule has 1 aromatic heterocycles. The predicted octanol–water partition coefficient (Wildman–Crippen LogP) is 1.86. The van der Waals surface area contributed by atoms with E-state index in [1.807, 2.05) is 0 Å². The number of rotatable bonds is 0. The van der Waals surface area contributed by atoms with Gasteiger partial charge in [-0.25, -0.2) is 4.39 Å². The second-order valence-corrected chi connectivity index (χ2v) is 1.10. The van der Waals surface area contributed by atoms with E-state index in [4.69, 9.17) is 0 Å². The molecule has 0 aromatic carbocycles. The minimum atomic E-state index is -0.414. The fourth-order valence-corrected chi connectivity index (χ4v) is 0.307. The molecule has 4 heteroatoms. The topological polar surface area (TPSA) is 12.9 Å². The van der Waals surface area contributed by atoms with Crippen molar-refractivity contribution < 1.29 is 20.7 Å². The van der Waals surface area contributed by atoms with Crippen molar-refractivity contribution in [3.8, 4) is 0 Å². The third-order valence-electron chi connectivity index (χ3n) is 0.575. The molecule has 9 heavy (non-hydrogen) atoms. The van der Waals surface area contributed by atoms with E-state index >= 15 is 0 Å². The molecule has 0 N–H and O–H groups in total. The van der Waals surface area contributed by atoms with E-state index in [0.717, 1.165) is 0 Å². The van der Waals surface area contributed by atoms with Crippen LogP contribution in [0.25, 0.3) is 0 Å². The minimum absolute atomic E-state index is 0.414. The standard InChI is InChI=1S/C5H3FN.BrH.Zn/c6-5-2-1-3-7-4-5;;/h1-3H;1H;/q-1;;+2/p-1.